The van der Waals surface area contributed by atoms with E-state index >= 15 is 0 Å². The summed E-state index contributed by atoms with van der Waals surface area (Å²) in [5.41, 5.74) is 1.97. The van der Waals surface area contributed by atoms with Gasteiger partial charge in [-0.05, 0) is 43.9 Å². The number of ether oxygens (including phenoxy) is 4. The lowest BCUT2D eigenvalue weighted by molar-refractivity contribution is -0.187. The van der Waals surface area contributed by atoms with Gasteiger partial charge in [0.25, 0.3) is 0 Å². The van der Waals surface area contributed by atoms with E-state index in [1.807, 2.05) is 48.5 Å². The Morgan fingerprint density at radius 3 is 2.30 bits per heavy atom. The van der Waals surface area contributed by atoms with Crippen molar-refractivity contribution in [2.45, 2.75) is 70.0 Å². The van der Waals surface area contributed by atoms with Crippen LogP contribution in [0.4, 0.5) is 5.82 Å². The highest BCUT2D eigenvalue weighted by Crippen LogP contribution is 2.49. The van der Waals surface area contributed by atoms with Crippen molar-refractivity contribution in [2.24, 2.45) is 0 Å². The number of nitrogens with zero attached hydrogens (tertiary/aromatic N) is 4. The van der Waals surface area contributed by atoms with Crippen molar-refractivity contribution in [2.75, 3.05) is 11.9 Å². The molecule has 14 heteroatoms. The largest absolute Gasteiger partial charge is 0.456 e. The molecule has 6 aromatic rings. The van der Waals surface area contributed by atoms with Gasteiger partial charge in [-0.15, -0.1) is 0 Å². The molecule has 0 radical (unpaired) electrons. The van der Waals surface area contributed by atoms with Gasteiger partial charge in [-0.2, -0.15) is 0 Å². The van der Waals surface area contributed by atoms with Crippen molar-refractivity contribution in [1.82, 2.24) is 19.5 Å². The Bertz CT molecular complexity index is 2290. The zero-order chi connectivity index (χ0) is 34.8. The first-order chi connectivity index (χ1) is 24.1. The molecule has 1 saturated heterocycles. The minimum absolute atomic E-state index is 0.217. The van der Waals surface area contributed by atoms with Gasteiger partial charge in [0.05, 0.1) is 25.1 Å². The first-order valence-corrected chi connectivity index (χ1v) is 16.2. The van der Waals surface area contributed by atoms with Gasteiger partial charge >= 0.3 is 17.9 Å². The number of fused-ring (bicyclic) bond motifs is 3. The third kappa shape index (κ3) is 5.14. The fourth-order valence-corrected chi connectivity index (χ4v) is 7.62. The minimum Gasteiger partial charge on any atom is -0.456 e. The van der Waals surface area contributed by atoms with E-state index < -0.39 is 60.7 Å². The number of hydrogen-bond acceptors (Lipinski definition) is 13. The summed E-state index contributed by atoms with van der Waals surface area (Å²) >= 11 is 0. The number of esters is 3. The van der Waals surface area contributed by atoms with Gasteiger partial charge in [0.1, 0.15) is 18.7 Å². The lowest BCUT2D eigenvalue weighted by Gasteiger charge is -2.43. The van der Waals surface area contributed by atoms with Gasteiger partial charge in [0.15, 0.2) is 35.3 Å². The molecule has 3 N–H and O–H groups in total. The molecule has 2 aromatic heterocycles. The number of aliphatic hydroxyl groups excluding tert-OH is 2. The van der Waals surface area contributed by atoms with Gasteiger partial charge in [-0.25, -0.2) is 15.0 Å². The summed E-state index contributed by atoms with van der Waals surface area (Å²) in [5, 5.41) is 29.2. The molecule has 0 bridgehead atoms. The predicted molar refractivity (Wildman–Crippen MR) is 179 cm³/mol. The predicted octanol–water partition coefficient (Wildman–Crippen LogP) is 4.00. The molecule has 2 aliphatic rings. The van der Waals surface area contributed by atoms with Crippen molar-refractivity contribution >= 4 is 67.2 Å². The van der Waals surface area contributed by atoms with Crippen LogP contribution in [-0.2, 0) is 33.3 Å². The van der Waals surface area contributed by atoms with E-state index in [4.69, 9.17) is 18.9 Å². The molecule has 3 heterocycles. The summed E-state index contributed by atoms with van der Waals surface area (Å²) < 4.78 is 25.2. The van der Waals surface area contributed by atoms with E-state index in [0.717, 1.165) is 32.3 Å². The number of aliphatic hydroxyl groups is 2. The smallest absolute Gasteiger partial charge is 0.303 e. The third-order valence-corrected chi connectivity index (χ3v) is 9.53. The first kappa shape index (κ1) is 31.8. The number of carbonyl (C=O) groups excluding carboxylic acids is 3. The van der Waals surface area contributed by atoms with E-state index in [2.05, 4.69) is 20.3 Å². The Hall–Kier alpha value is -5.44. The Morgan fingerprint density at radius 2 is 1.60 bits per heavy atom. The molecular weight excluding hydrogens is 646 g/mol. The summed E-state index contributed by atoms with van der Waals surface area (Å²) in [7, 11) is 0. The molecule has 7 atom stereocenters. The van der Waals surface area contributed by atoms with E-state index in [9.17, 15) is 24.6 Å². The van der Waals surface area contributed by atoms with E-state index in [1.165, 1.54) is 33.4 Å². The first-order valence-electron chi connectivity index (χ1n) is 16.2. The highest BCUT2D eigenvalue weighted by atomic mass is 16.6. The maximum Gasteiger partial charge on any atom is 0.303 e. The maximum absolute atomic E-state index is 12.8. The molecule has 256 valence electrons. The second-order valence-electron chi connectivity index (χ2n) is 12.7. The number of imidazole rings is 1. The van der Waals surface area contributed by atoms with Gasteiger partial charge in [-0.1, -0.05) is 42.5 Å². The monoisotopic (exact) mass is 679 g/mol. The number of hydrogen-bond donors (Lipinski definition) is 3. The van der Waals surface area contributed by atoms with Crippen molar-refractivity contribution in [3.63, 3.8) is 0 Å². The zero-order valence-corrected chi connectivity index (χ0v) is 27.3. The van der Waals surface area contributed by atoms with Crippen molar-refractivity contribution in [3.8, 4) is 0 Å². The molecule has 50 heavy (non-hydrogen) atoms. The highest BCUT2D eigenvalue weighted by Gasteiger charge is 2.50. The summed E-state index contributed by atoms with van der Waals surface area (Å²) in [6.07, 6.45) is -2.73. The van der Waals surface area contributed by atoms with Crippen LogP contribution >= 0.6 is 0 Å². The number of carbonyl (C=O) groups is 3. The molecule has 0 saturated carbocycles. The molecule has 0 unspecified atom stereocenters. The summed E-state index contributed by atoms with van der Waals surface area (Å²) in [4.78, 5) is 51.5. The quantitative estimate of drug-likeness (QED) is 0.125. The Balaban J connectivity index is 1.36. The molecule has 8 rings (SSSR count). The number of aromatic nitrogens is 4. The summed E-state index contributed by atoms with van der Waals surface area (Å²) in [5.74, 6) is -1.64. The van der Waals surface area contributed by atoms with Crippen molar-refractivity contribution in [1.29, 1.82) is 0 Å². The average Bonchev–Trinajstić information content (AvgIpc) is 3.69. The van der Waals surface area contributed by atoms with Crippen LogP contribution in [0.2, 0.25) is 0 Å². The van der Waals surface area contributed by atoms with Crippen LogP contribution in [0, 0.1) is 0 Å². The van der Waals surface area contributed by atoms with Gasteiger partial charge in [0, 0.05) is 32.8 Å². The second-order valence-corrected chi connectivity index (χ2v) is 12.7. The fraction of sp³-hybridized carbons (Fsp3) is 0.333. The molecular formula is C36H33N5O9. The topological polar surface area (TPSA) is 184 Å². The van der Waals surface area contributed by atoms with Crippen LogP contribution in [0.3, 0.4) is 0 Å². The zero-order valence-electron chi connectivity index (χ0n) is 27.3. The maximum atomic E-state index is 12.8. The molecule has 1 fully saturated rings. The molecule has 1 aliphatic carbocycles. The molecule has 14 nitrogen and oxygen atoms in total. The molecule has 0 amide bonds. The van der Waals surface area contributed by atoms with Crippen LogP contribution in [0.1, 0.15) is 56.7 Å². The minimum atomic E-state index is -1.24. The normalized spacial score (nSPS) is 24.9. The van der Waals surface area contributed by atoms with Crippen LogP contribution < -0.4 is 5.32 Å². The summed E-state index contributed by atoms with van der Waals surface area (Å²) in [6.45, 7) is 3.41. The fourth-order valence-electron chi connectivity index (χ4n) is 7.62. The molecule has 1 aliphatic heterocycles. The van der Waals surface area contributed by atoms with E-state index in [-0.39, 0.29) is 18.8 Å². The lowest BCUT2D eigenvalue weighted by Crippen LogP contribution is -2.50. The van der Waals surface area contributed by atoms with Gasteiger partial charge in [0.2, 0.25) is 0 Å². The highest BCUT2D eigenvalue weighted by molar-refractivity contribution is 6.24. The van der Waals surface area contributed by atoms with Gasteiger partial charge < -0.3 is 34.5 Å². The van der Waals surface area contributed by atoms with Gasteiger partial charge in [-0.3, -0.25) is 19.0 Å². The number of nitrogens with one attached hydrogen (secondary N) is 1. The number of anilines is 1. The van der Waals surface area contributed by atoms with Crippen LogP contribution in [0.5, 0.6) is 0 Å². The van der Waals surface area contributed by atoms with Crippen LogP contribution in [0.25, 0.3) is 43.5 Å². The Labute approximate surface area is 284 Å². The lowest BCUT2D eigenvalue weighted by atomic mass is 9.77. The number of benzene rings is 4. The number of rotatable bonds is 7. The molecule has 4 aromatic carbocycles. The van der Waals surface area contributed by atoms with Crippen molar-refractivity contribution in [3.05, 3.63) is 72.3 Å². The second kappa shape index (κ2) is 12.2. The van der Waals surface area contributed by atoms with Crippen LogP contribution in [-0.4, -0.2) is 78.7 Å². The Morgan fingerprint density at radius 1 is 0.900 bits per heavy atom. The van der Waals surface area contributed by atoms with E-state index in [0.29, 0.717) is 22.3 Å². The summed E-state index contributed by atoms with van der Waals surface area (Å²) in [6, 6.07) is 15.1. The third-order valence-electron chi connectivity index (χ3n) is 9.53. The SMILES string of the molecule is CC(=O)O[C@@H]1[C@H](OC(C)=O)[C@@H](Nc2ncnc3c2ncn3[C@H]2C[C@H](O)[C@@H](CO)O2)c2c(cc3ccc4cccc5ccc2c3c45)[C@H]1OC(C)=O. The standard InChI is InChI=1S/C36H33N5O9/c1-16(43)47-32-23-11-21-8-7-19-5-4-6-20-9-10-22(28(21)27(19)20)29(23)30(33(48-17(2)44)34(32)49-18(3)45)40-35-31-36(38-14-37-35)41(15-39-31)26-12-24(46)25(13-42)50-26/h4-11,14-15,24-26,30,32-34,42,46H,12-13H2,1-3H3,(H,37,38,40)/t24-,25+,26+,30-,32+,33+,34-/m0/s1. The average molecular weight is 680 g/mol. The van der Waals surface area contributed by atoms with Crippen LogP contribution in [0.15, 0.2) is 61.2 Å². The molecule has 0 spiro atoms. The van der Waals surface area contributed by atoms with E-state index in [1.54, 1.807) is 4.57 Å². The Kier molecular flexibility index (Phi) is 7.73. The van der Waals surface area contributed by atoms with Crippen molar-refractivity contribution < 1.29 is 43.5 Å².